The molecule has 0 aliphatic heterocycles. The van der Waals surface area contributed by atoms with Gasteiger partial charge >= 0.3 is 0 Å². The van der Waals surface area contributed by atoms with Crippen molar-refractivity contribution < 1.29 is 0 Å². The number of aromatic nitrogens is 2. The van der Waals surface area contributed by atoms with E-state index in [1.54, 1.807) is 0 Å². The zero-order valence-electron chi connectivity index (χ0n) is 12.1. The van der Waals surface area contributed by atoms with E-state index in [2.05, 4.69) is 72.7 Å². The van der Waals surface area contributed by atoms with Gasteiger partial charge in [0.1, 0.15) is 0 Å². The Hall–Kier alpha value is -2.29. The predicted molar refractivity (Wildman–Crippen MR) is 84.0 cm³/mol. The summed E-state index contributed by atoms with van der Waals surface area (Å²) in [6.07, 6.45) is 1.85. The second kappa shape index (κ2) is 5.00. The second-order valence-electron chi connectivity index (χ2n) is 5.37. The van der Waals surface area contributed by atoms with Crippen LogP contribution in [-0.4, -0.2) is 10.2 Å². The van der Waals surface area contributed by atoms with Crippen molar-refractivity contribution in [2.75, 3.05) is 5.32 Å². The Bertz CT molecular complexity index is 743. The van der Waals surface area contributed by atoms with Crippen LogP contribution >= 0.6 is 0 Å². The molecule has 2 N–H and O–H groups in total. The van der Waals surface area contributed by atoms with Crippen molar-refractivity contribution in [2.24, 2.45) is 0 Å². The smallest absolute Gasteiger partial charge is 0.0881 e. The number of nitrogens with zero attached hydrogens (tertiary/aromatic N) is 1. The highest BCUT2D eigenvalue weighted by Gasteiger charge is 2.10. The van der Waals surface area contributed by atoms with E-state index in [0.29, 0.717) is 0 Å². The molecule has 1 aromatic heterocycles. The van der Waals surface area contributed by atoms with Crippen LogP contribution in [0.5, 0.6) is 0 Å². The number of hydrogen-bond donors (Lipinski definition) is 2. The van der Waals surface area contributed by atoms with Crippen LogP contribution in [0.25, 0.3) is 10.9 Å². The second-order valence-corrected chi connectivity index (χ2v) is 5.37. The number of rotatable bonds is 3. The Morgan fingerprint density at radius 2 is 2.00 bits per heavy atom. The number of H-pyrrole nitrogens is 1. The third-order valence-corrected chi connectivity index (χ3v) is 3.75. The first-order valence-corrected chi connectivity index (χ1v) is 6.91. The van der Waals surface area contributed by atoms with Crippen molar-refractivity contribution in [3.05, 3.63) is 59.3 Å². The molecule has 1 heterocycles. The quantitative estimate of drug-likeness (QED) is 0.739. The van der Waals surface area contributed by atoms with Gasteiger partial charge in [0.05, 0.1) is 17.4 Å². The molecule has 0 aliphatic rings. The van der Waals surface area contributed by atoms with Crippen LogP contribution in [0, 0.1) is 13.8 Å². The first-order valence-electron chi connectivity index (χ1n) is 6.91. The van der Waals surface area contributed by atoms with Crippen molar-refractivity contribution >= 4 is 16.6 Å². The Morgan fingerprint density at radius 1 is 1.15 bits per heavy atom. The first-order chi connectivity index (χ1) is 9.65. The van der Waals surface area contributed by atoms with Crippen molar-refractivity contribution in [2.45, 2.75) is 26.8 Å². The summed E-state index contributed by atoms with van der Waals surface area (Å²) < 4.78 is 0. The molecule has 0 aliphatic carbocycles. The van der Waals surface area contributed by atoms with Crippen LogP contribution in [0.15, 0.2) is 42.6 Å². The Balaban J connectivity index is 1.94. The predicted octanol–water partition coefficient (Wildman–Crippen LogP) is 4.35. The van der Waals surface area contributed by atoms with Crippen molar-refractivity contribution in [1.82, 2.24) is 10.2 Å². The van der Waals surface area contributed by atoms with Crippen LogP contribution in [0.4, 0.5) is 5.69 Å². The van der Waals surface area contributed by atoms with Crippen molar-refractivity contribution in [3.63, 3.8) is 0 Å². The van der Waals surface area contributed by atoms with E-state index in [1.807, 2.05) is 6.20 Å². The maximum Gasteiger partial charge on any atom is 0.0881 e. The standard InChI is InChI=1S/C17H19N3/c1-11-7-8-12(2)15(9-11)13(3)19-16-6-4-5-14-10-18-20-17(14)16/h4-10,13,19H,1-3H3,(H,18,20). The zero-order chi connectivity index (χ0) is 14.1. The fraction of sp³-hybridized carbons (Fsp3) is 0.235. The Kier molecular flexibility index (Phi) is 3.18. The molecule has 0 bridgehead atoms. The van der Waals surface area contributed by atoms with Gasteiger partial charge in [0.15, 0.2) is 0 Å². The van der Waals surface area contributed by atoms with E-state index in [-0.39, 0.29) is 6.04 Å². The average Bonchev–Trinajstić information content (AvgIpc) is 2.91. The van der Waals surface area contributed by atoms with Gasteiger partial charge in [0.2, 0.25) is 0 Å². The minimum atomic E-state index is 0.254. The molecule has 3 rings (SSSR count). The van der Waals surface area contributed by atoms with Crippen LogP contribution < -0.4 is 5.32 Å². The minimum absolute atomic E-state index is 0.254. The molecule has 1 atom stereocenters. The number of aryl methyl sites for hydroxylation is 2. The molecule has 0 spiro atoms. The van der Waals surface area contributed by atoms with E-state index < -0.39 is 0 Å². The van der Waals surface area contributed by atoms with Gasteiger partial charge in [0, 0.05) is 11.4 Å². The van der Waals surface area contributed by atoms with E-state index in [0.717, 1.165) is 16.6 Å². The van der Waals surface area contributed by atoms with Gasteiger partial charge in [-0.1, -0.05) is 35.9 Å². The molecule has 102 valence electrons. The number of anilines is 1. The van der Waals surface area contributed by atoms with Gasteiger partial charge in [-0.25, -0.2) is 0 Å². The largest absolute Gasteiger partial charge is 0.377 e. The lowest BCUT2D eigenvalue weighted by molar-refractivity contribution is 0.873. The van der Waals surface area contributed by atoms with E-state index in [9.17, 15) is 0 Å². The third kappa shape index (κ3) is 2.27. The zero-order valence-corrected chi connectivity index (χ0v) is 12.1. The lowest BCUT2D eigenvalue weighted by Gasteiger charge is -2.19. The van der Waals surface area contributed by atoms with Gasteiger partial charge in [-0.2, -0.15) is 5.10 Å². The molecule has 2 aromatic carbocycles. The number of benzene rings is 2. The number of fused-ring (bicyclic) bond motifs is 1. The number of para-hydroxylation sites is 1. The van der Waals surface area contributed by atoms with Gasteiger partial charge < -0.3 is 5.32 Å². The molecule has 0 saturated heterocycles. The normalized spacial score (nSPS) is 12.6. The average molecular weight is 265 g/mol. The first kappa shape index (κ1) is 12.7. The highest BCUT2D eigenvalue weighted by atomic mass is 15.1. The summed E-state index contributed by atoms with van der Waals surface area (Å²) in [5.74, 6) is 0. The summed E-state index contributed by atoms with van der Waals surface area (Å²) >= 11 is 0. The SMILES string of the molecule is Cc1ccc(C)c(C(C)Nc2cccc3cn[nH]c23)c1. The van der Waals surface area contributed by atoms with Crippen LogP contribution in [-0.2, 0) is 0 Å². The molecular weight excluding hydrogens is 246 g/mol. The highest BCUT2D eigenvalue weighted by Crippen LogP contribution is 2.27. The molecule has 3 nitrogen and oxygen atoms in total. The van der Waals surface area contributed by atoms with Crippen LogP contribution in [0.3, 0.4) is 0 Å². The molecule has 3 heteroatoms. The van der Waals surface area contributed by atoms with Gasteiger partial charge in [0.25, 0.3) is 0 Å². The molecule has 0 saturated carbocycles. The summed E-state index contributed by atoms with van der Waals surface area (Å²) in [4.78, 5) is 0. The lowest BCUT2D eigenvalue weighted by atomic mass is 9.99. The number of aromatic amines is 1. The maximum absolute atomic E-state index is 4.11. The summed E-state index contributed by atoms with van der Waals surface area (Å²) in [7, 11) is 0. The third-order valence-electron chi connectivity index (χ3n) is 3.75. The van der Waals surface area contributed by atoms with E-state index >= 15 is 0 Å². The summed E-state index contributed by atoms with van der Waals surface area (Å²) in [5.41, 5.74) is 6.09. The number of nitrogens with one attached hydrogen (secondary N) is 2. The molecule has 1 unspecified atom stereocenters. The Morgan fingerprint density at radius 3 is 2.85 bits per heavy atom. The monoisotopic (exact) mass is 265 g/mol. The van der Waals surface area contributed by atoms with Crippen molar-refractivity contribution in [1.29, 1.82) is 0 Å². The maximum atomic E-state index is 4.11. The van der Waals surface area contributed by atoms with Gasteiger partial charge in [-0.05, 0) is 38.0 Å². The summed E-state index contributed by atoms with van der Waals surface area (Å²) in [5, 5.41) is 11.9. The van der Waals surface area contributed by atoms with E-state index in [1.165, 1.54) is 16.7 Å². The fourth-order valence-electron chi connectivity index (χ4n) is 2.63. The molecule has 3 aromatic rings. The van der Waals surface area contributed by atoms with E-state index in [4.69, 9.17) is 0 Å². The number of hydrogen-bond acceptors (Lipinski definition) is 2. The molecular formula is C17H19N3. The lowest BCUT2D eigenvalue weighted by Crippen LogP contribution is -2.08. The van der Waals surface area contributed by atoms with Crippen LogP contribution in [0.2, 0.25) is 0 Å². The fourth-order valence-corrected chi connectivity index (χ4v) is 2.63. The Labute approximate surface area is 119 Å². The molecule has 20 heavy (non-hydrogen) atoms. The molecule has 0 amide bonds. The molecule has 0 fully saturated rings. The highest BCUT2D eigenvalue weighted by molar-refractivity contribution is 5.90. The topological polar surface area (TPSA) is 40.7 Å². The van der Waals surface area contributed by atoms with Crippen molar-refractivity contribution in [3.8, 4) is 0 Å². The minimum Gasteiger partial charge on any atom is -0.377 e. The summed E-state index contributed by atoms with van der Waals surface area (Å²) in [6.45, 7) is 6.48. The van der Waals surface area contributed by atoms with Gasteiger partial charge in [-0.3, -0.25) is 5.10 Å². The molecule has 0 radical (unpaired) electrons. The van der Waals surface area contributed by atoms with Crippen LogP contribution in [0.1, 0.15) is 29.7 Å². The van der Waals surface area contributed by atoms with Gasteiger partial charge in [-0.15, -0.1) is 0 Å². The summed E-state index contributed by atoms with van der Waals surface area (Å²) in [6, 6.07) is 13.0.